The van der Waals surface area contributed by atoms with Crippen LogP contribution < -0.4 is 15.5 Å². The number of thiazole rings is 1. The van der Waals surface area contributed by atoms with E-state index in [0.717, 1.165) is 48.6 Å². The first kappa shape index (κ1) is 19.3. The molecule has 1 radical (unpaired) electrons. The molecule has 1 fully saturated rings. The Bertz CT molecular complexity index is 935. The Balaban J connectivity index is 1.47. The first-order chi connectivity index (χ1) is 14.3. The van der Waals surface area contributed by atoms with Gasteiger partial charge in [0.05, 0.1) is 18.8 Å². The molecule has 3 aromatic rings. The minimum absolute atomic E-state index is 0.547. The molecule has 149 valence electrons. The van der Waals surface area contributed by atoms with Gasteiger partial charge in [-0.05, 0) is 19.3 Å². The summed E-state index contributed by atoms with van der Waals surface area (Å²) in [5, 5.41) is 9.62. The Labute approximate surface area is 175 Å². The summed E-state index contributed by atoms with van der Waals surface area (Å²) in [6.45, 7) is 8.12. The van der Waals surface area contributed by atoms with Gasteiger partial charge in [-0.25, -0.2) is 4.98 Å². The highest BCUT2D eigenvalue weighted by molar-refractivity contribution is 7.13. The normalized spacial score (nSPS) is 13.4. The topological polar surface area (TPSA) is 78.9 Å². The molecule has 7 nitrogen and oxygen atoms in total. The molecular weight excluding hydrogens is 382 g/mol. The molecule has 0 aliphatic carbocycles. The number of hydrogen-bond acceptors (Lipinski definition) is 8. The van der Waals surface area contributed by atoms with Crippen molar-refractivity contribution in [3.63, 3.8) is 0 Å². The monoisotopic (exact) mass is 406 g/mol. The van der Waals surface area contributed by atoms with Crippen LogP contribution in [0.4, 0.5) is 17.8 Å². The fourth-order valence-corrected chi connectivity index (χ4v) is 3.82. The smallest absolute Gasteiger partial charge is 0.232 e. The van der Waals surface area contributed by atoms with E-state index in [1.807, 2.05) is 24.3 Å². The van der Waals surface area contributed by atoms with Gasteiger partial charge in [0.25, 0.3) is 0 Å². The molecule has 0 atom stereocenters. The van der Waals surface area contributed by atoms with E-state index in [9.17, 15) is 0 Å². The summed E-state index contributed by atoms with van der Waals surface area (Å²) < 4.78 is 0. The van der Waals surface area contributed by atoms with E-state index in [4.69, 9.17) is 4.98 Å². The van der Waals surface area contributed by atoms with Gasteiger partial charge in [-0.15, -0.1) is 17.9 Å². The van der Waals surface area contributed by atoms with E-state index in [1.165, 1.54) is 0 Å². The van der Waals surface area contributed by atoms with Crippen LogP contribution in [-0.4, -0.2) is 33.0 Å². The van der Waals surface area contributed by atoms with Crippen LogP contribution in [0.2, 0.25) is 0 Å². The summed E-state index contributed by atoms with van der Waals surface area (Å²) in [4.78, 5) is 20.5. The number of nitrogens with one attached hydrogen (secondary N) is 2. The van der Waals surface area contributed by atoms with Crippen molar-refractivity contribution >= 4 is 29.2 Å². The van der Waals surface area contributed by atoms with Crippen LogP contribution in [0.15, 0.2) is 48.4 Å². The third-order valence-corrected chi connectivity index (χ3v) is 5.40. The number of anilines is 3. The van der Waals surface area contributed by atoms with Crippen LogP contribution in [0.3, 0.4) is 0 Å². The molecule has 0 unspecified atom stereocenters. The third-order valence-electron chi connectivity index (χ3n) is 4.46. The number of benzene rings is 1. The van der Waals surface area contributed by atoms with E-state index in [1.54, 1.807) is 11.3 Å². The van der Waals surface area contributed by atoms with Crippen LogP contribution in [-0.2, 0) is 6.54 Å². The minimum atomic E-state index is 0.547. The average molecular weight is 407 g/mol. The van der Waals surface area contributed by atoms with E-state index in [2.05, 4.69) is 61.1 Å². The Hall–Kier alpha value is -3.00. The highest BCUT2D eigenvalue weighted by Crippen LogP contribution is 2.24. The van der Waals surface area contributed by atoms with Crippen molar-refractivity contribution in [1.82, 2.24) is 19.9 Å². The minimum Gasteiger partial charge on any atom is -0.354 e. The second kappa shape index (κ2) is 9.47. The molecule has 1 saturated heterocycles. The predicted octanol–water partition coefficient (Wildman–Crippen LogP) is 4.36. The maximum absolute atomic E-state index is 4.72. The molecule has 29 heavy (non-hydrogen) atoms. The van der Waals surface area contributed by atoms with Crippen molar-refractivity contribution in [3.8, 4) is 10.6 Å². The average Bonchev–Trinajstić information content (AvgIpc) is 3.45. The van der Waals surface area contributed by atoms with Crippen molar-refractivity contribution in [2.24, 2.45) is 0 Å². The maximum atomic E-state index is 4.72. The molecule has 1 aliphatic rings. The SMILES string of the molecule is C=CCCNc1nc(NCc2csc(-c3ccccc3)n2)nc(N2[CH]CCC2)n1. The molecule has 2 aromatic heterocycles. The van der Waals surface area contributed by atoms with Crippen LogP contribution in [0.25, 0.3) is 10.6 Å². The van der Waals surface area contributed by atoms with Gasteiger partial charge in [-0.1, -0.05) is 36.4 Å². The molecule has 0 saturated carbocycles. The summed E-state index contributed by atoms with van der Waals surface area (Å²) in [5.41, 5.74) is 2.09. The molecule has 2 N–H and O–H groups in total. The molecule has 1 aromatic carbocycles. The standard InChI is InChI=1S/C21H24N7S/c1-2-3-11-22-19-25-20(27-21(26-19)28-12-7-8-13-28)23-14-17-15-29-18(24-17)16-9-5-4-6-10-16/h2,4-6,9-10,12,15H,1,3,7-8,11,13-14H2,(H2,22,23,25,26,27). The molecule has 3 heterocycles. The highest BCUT2D eigenvalue weighted by atomic mass is 32.1. The second-order valence-corrected chi connectivity index (χ2v) is 7.53. The predicted molar refractivity (Wildman–Crippen MR) is 119 cm³/mol. The second-order valence-electron chi connectivity index (χ2n) is 6.67. The number of nitrogens with zero attached hydrogens (tertiary/aromatic N) is 5. The van der Waals surface area contributed by atoms with Gasteiger partial charge in [0.2, 0.25) is 17.8 Å². The molecule has 4 rings (SSSR count). The Morgan fingerprint density at radius 2 is 1.90 bits per heavy atom. The fraction of sp³-hybridized carbons (Fsp3) is 0.286. The van der Waals surface area contributed by atoms with Gasteiger partial charge in [0.15, 0.2) is 0 Å². The summed E-state index contributed by atoms with van der Waals surface area (Å²) in [6.07, 6.45) is 4.89. The van der Waals surface area contributed by atoms with E-state index in [0.29, 0.717) is 24.4 Å². The van der Waals surface area contributed by atoms with Crippen LogP contribution >= 0.6 is 11.3 Å². The van der Waals surface area contributed by atoms with E-state index >= 15 is 0 Å². The molecular formula is C21H24N7S. The van der Waals surface area contributed by atoms with Crippen LogP contribution in [0.1, 0.15) is 25.0 Å². The first-order valence-electron chi connectivity index (χ1n) is 9.76. The molecule has 0 bridgehead atoms. The number of aromatic nitrogens is 4. The molecule has 0 spiro atoms. The summed E-state index contributed by atoms with van der Waals surface area (Å²) in [7, 11) is 0. The zero-order chi connectivity index (χ0) is 19.9. The van der Waals surface area contributed by atoms with Gasteiger partial charge >= 0.3 is 0 Å². The van der Waals surface area contributed by atoms with Gasteiger partial charge in [0, 0.05) is 24.0 Å². The fourth-order valence-electron chi connectivity index (χ4n) is 2.99. The van der Waals surface area contributed by atoms with Gasteiger partial charge in [-0.3, -0.25) is 0 Å². The van der Waals surface area contributed by atoms with Crippen LogP contribution in [0.5, 0.6) is 0 Å². The van der Waals surface area contributed by atoms with Crippen molar-refractivity contribution in [2.45, 2.75) is 25.8 Å². The lowest BCUT2D eigenvalue weighted by Gasteiger charge is -2.16. The van der Waals surface area contributed by atoms with Crippen LogP contribution in [0, 0.1) is 6.54 Å². The lowest BCUT2D eigenvalue weighted by Crippen LogP contribution is -2.20. The lowest BCUT2D eigenvalue weighted by atomic mass is 10.2. The molecule has 1 aliphatic heterocycles. The van der Waals surface area contributed by atoms with Gasteiger partial charge in [0.1, 0.15) is 5.01 Å². The van der Waals surface area contributed by atoms with E-state index < -0.39 is 0 Å². The maximum Gasteiger partial charge on any atom is 0.232 e. The molecule has 0 amide bonds. The van der Waals surface area contributed by atoms with Gasteiger partial charge < -0.3 is 15.5 Å². The third kappa shape index (κ3) is 5.08. The number of rotatable bonds is 9. The summed E-state index contributed by atoms with van der Waals surface area (Å²) in [6, 6.07) is 10.2. The summed E-state index contributed by atoms with van der Waals surface area (Å²) >= 11 is 1.64. The largest absolute Gasteiger partial charge is 0.354 e. The molecule has 8 heteroatoms. The highest BCUT2D eigenvalue weighted by Gasteiger charge is 2.18. The van der Waals surface area contributed by atoms with Crippen molar-refractivity contribution < 1.29 is 0 Å². The van der Waals surface area contributed by atoms with Crippen molar-refractivity contribution in [3.05, 3.63) is 60.6 Å². The Morgan fingerprint density at radius 1 is 1.07 bits per heavy atom. The zero-order valence-corrected chi connectivity index (χ0v) is 17.0. The van der Waals surface area contributed by atoms with Gasteiger partial charge in [-0.2, -0.15) is 15.0 Å². The Kier molecular flexibility index (Phi) is 6.31. The van der Waals surface area contributed by atoms with Crippen molar-refractivity contribution in [1.29, 1.82) is 0 Å². The van der Waals surface area contributed by atoms with Crippen molar-refractivity contribution in [2.75, 3.05) is 28.6 Å². The van der Waals surface area contributed by atoms with E-state index in [-0.39, 0.29) is 0 Å². The zero-order valence-electron chi connectivity index (χ0n) is 16.2. The quantitative estimate of drug-likeness (QED) is 0.404. The number of hydrogen-bond donors (Lipinski definition) is 2. The first-order valence-corrected chi connectivity index (χ1v) is 10.6. The summed E-state index contributed by atoms with van der Waals surface area (Å²) in [5.74, 6) is 1.79. The lowest BCUT2D eigenvalue weighted by molar-refractivity contribution is 0.892. The Morgan fingerprint density at radius 3 is 2.66 bits per heavy atom.